The molecule has 0 spiro atoms. The van der Waals surface area contributed by atoms with Crippen molar-refractivity contribution in [1.82, 2.24) is 0 Å². The summed E-state index contributed by atoms with van der Waals surface area (Å²) in [4.78, 5) is 26.2. The van der Waals surface area contributed by atoms with E-state index >= 15 is 0 Å². The fourth-order valence-corrected chi connectivity index (χ4v) is 11.3. The minimum Gasteiger partial charge on any atom is -0.458 e. The van der Waals surface area contributed by atoms with Gasteiger partial charge in [-0.1, -0.05) is 13.8 Å². The van der Waals surface area contributed by atoms with E-state index in [0.717, 1.165) is 12.0 Å². The van der Waals surface area contributed by atoms with Gasteiger partial charge < -0.3 is 59.1 Å². The summed E-state index contributed by atoms with van der Waals surface area (Å²) in [6.07, 6.45) is -4.63. The third-order valence-electron chi connectivity index (χ3n) is 14.2. The highest BCUT2D eigenvalue weighted by Crippen LogP contribution is 2.69. The van der Waals surface area contributed by atoms with E-state index in [2.05, 4.69) is 6.92 Å². The zero-order valence-electron chi connectivity index (χ0n) is 29.3. The first kappa shape index (κ1) is 36.8. The van der Waals surface area contributed by atoms with Gasteiger partial charge in [0.05, 0.1) is 30.5 Å². The molecule has 18 atom stereocenters. The molecule has 0 amide bonds. The molecule has 7 rings (SSSR count). The quantitative estimate of drug-likeness (QED) is 0.153. The molecule has 6 N–H and O–H groups in total. The van der Waals surface area contributed by atoms with Gasteiger partial charge in [-0.2, -0.15) is 0 Å². The Balaban J connectivity index is 1.01. The lowest BCUT2D eigenvalue weighted by atomic mass is 9.42. The molecule has 0 aromatic rings. The Morgan fingerprint density at radius 2 is 1.70 bits per heavy atom. The maximum atomic E-state index is 14.3. The number of methoxy groups -OCH3 is 1. The fourth-order valence-electron chi connectivity index (χ4n) is 11.3. The van der Waals surface area contributed by atoms with Crippen molar-refractivity contribution in [3.8, 4) is 0 Å². The average molecular weight is 711 g/mol. The summed E-state index contributed by atoms with van der Waals surface area (Å²) in [6, 6.07) is 0. The van der Waals surface area contributed by atoms with E-state index in [1.807, 2.05) is 6.92 Å². The van der Waals surface area contributed by atoms with Crippen molar-refractivity contribution in [2.24, 2.45) is 34.5 Å². The zero-order valence-corrected chi connectivity index (χ0v) is 29.3. The van der Waals surface area contributed by atoms with E-state index in [1.165, 1.54) is 13.2 Å². The molecule has 14 heteroatoms. The highest BCUT2D eigenvalue weighted by molar-refractivity contribution is 5.90. The number of fused-ring (bicyclic) bond motifs is 5. The Bertz CT molecular complexity index is 1340. The number of cyclic esters (lactones) is 1. The standard InChI is InChI=1S/C36H54O14/c1-16-31(50-33-30(42)29(41)27(39)23(14-37)49-33)22(45-4)13-25(47-16)48-19-7-9-34(2)18(12-19)5-6-21-26(34)28(40)32(43)35(3)20(8-10-36(21,35)44)17-11-24(38)46-15-17/h11,16,18-23,25-27,29-33,37,39,41-44H,5-10,12-15H2,1-4H3/t16-,18+,19-,20+,21+,22-,23+,25-,26+,27+,29-,30+,31-,32+,33-,34-,35-,36-/m0/s1. The van der Waals surface area contributed by atoms with Crippen LogP contribution in [0.5, 0.6) is 0 Å². The van der Waals surface area contributed by atoms with Crippen LogP contribution in [-0.4, -0.2) is 136 Å². The lowest BCUT2D eigenvalue weighted by molar-refractivity contribution is -0.345. The number of ketones is 1. The highest BCUT2D eigenvalue weighted by Gasteiger charge is 2.73. The van der Waals surface area contributed by atoms with E-state index in [-0.39, 0.29) is 36.2 Å². The van der Waals surface area contributed by atoms with E-state index < -0.39 is 96.3 Å². The van der Waals surface area contributed by atoms with E-state index in [4.69, 9.17) is 28.4 Å². The number of hydrogen-bond acceptors (Lipinski definition) is 14. The molecule has 0 aromatic carbocycles. The van der Waals surface area contributed by atoms with E-state index in [0.29, 0.717) is 44.9 Å². The van der Waals surface area contributed by atoms with Gasteiger partial charge in [-0.05, 0) is 80.6 Å². The van der Waals surface area contributed by atoms with Crippen LogP contribution in [0.15, 0.2) is 11.6 Å². The fraction of sp³-hybridized carbons (Fsp3) is 0.889. The summed E-state index contributed by atoms with van der Waals surface area (Å²) >= 11 is 0. The number of Topliss-reactive ketones (excluding diaryl/α,β-unsaturated/α-hetero) is 1. The lowest BCUT2D eigenvalue weighted by Crippen LogP contribution is -2.70. The van der Waals surface area contributed by atoms with Crippen molar-refractivity contribution < 1.29 is 68.6 Å². The minimum absolute atomic E-state index is 0.131. The second kappa shape index (κ2) is 13.4. The lowest BCUT2D eigenvalue weighted by Gasteiger charge is -2.64. The molecule has 6 fully saturated rings. The molecule has 14 nitrogen and oxygen atoms in total. The molecule has 0 bridgehead atoms. The van der Waals surface area contributed by atoms with Gasteiger partial charge in [-0.3, -0.25) is 4.79 Å². The molecule has 7 aliphatic rings. The van der Waals surface area contributed by atoms with Crippen LogP contribution in [0.2, 0.25) is 0 Å². The topological polar surface area (TPSA) is 211 Å². The zero-order chi connectivity index (χ0) is 35.9. The molecule has 3 aliphatic heterocycles. The number of ether oxygens (including phenoxy) is 6. The van der Waals surface area contributed by atoms with Crippen LogP contribution in [0, 0.1) is 34.5 Å². The number of esters is 1. The molecule has 0 unspecified atom stereocenters. The van der Waals surface area contributed by atoms with Gasteiger partial charge in [0.1, 0.15) is 43.2 Å². The number of carbonyl (C=O) groups excluding carboxylic acids is 2. The van der Waals surface area contributed by atoms with Crippen LogP contribution in [0.25, 0.3) is 0 Å². The molecule has 50 heavy (non-hydrogen) atoms. The third kappa shape index (κ3) is 5.55. The summed E-state index contributed by atoms with van der Waals surface area (Å²) in [5, 5.41) is 64.7. The van der Waals surface area contributed by atoms with Crippen LogP contribution in [0.3, 0.4) is 0 Å². The Morgan fingerprint density at radius 3 is 2.38 bits per heavy atom. The molecule has 3 heterocycles. The van der Waals surface area contributed by atoms with Crippen molar-refractivity contribution >= 4 is 11.8 Å². The smallest absolute Gasteiger partial charge is 0.331 e. The van der Waals surface area contributed by atoms with Crippen LogP contribution >= 0.6 is 0 Å². The normalized spacial score (nSPS) is 53.6. The number of aliphatic hydroxyl groups is 6. The molecule has 2 saturated heterocycles. The summed E-state index contributed by atoms with van der Waals surface area (Å²) in [5.74, 6) is -1.60. The van der Waals surface area contributed by atoms with Crippen LogP contribution in [0.4, 0.5) is 0 Å². The average Bonchev–Trinajstić information content (AvgIpc) is 3.64. The molecular formula is C36H54O14. The van der Waals surface area contributed by atoms with Gasteiger partial charge in [-0.15, -0.1) is 0 Å². The van der Waals surface area contributed by atoms with E-state index in [1.54, 1.807) is 6.92 Å². The third-order valence-corrected chi connectivity index (χ3v) is 14.2. The Labute approximate surface area is 292 Å². The number of hydrogen-bond donors (Lipinski definition) is 6. The monoisotopic (exact) mass is 710 g/mol. The molecule has 4 aliphatic carbocycles. The Hall–Kier alpha value is -1.56. The van der Waals surface area contributed by atoms with Crippen LogP contribution in [-0.2, 0) is 38.0 Å². The van der Waals surface area contributed by atoms with Crippen molar-refractivity contribution in [1.29, 1.82) is 0 Å². The number of carbonyl (C=O) groups is 2. The first-order valence-corrected chi connectivity index (χ1v) is 18.3. The maximum Gasteiger partial charge on any atom is 0.331 e. The predicted molar refractivity (Wildman–Crippen MR) is 171 cm³/mol. The highest BCUT2D eigenvalue weighted by atomic mass is 16.7. The first-order valence-electron chi connectivity index (χ1n) is 18.3. The first-order chi connectivity index (χ1) is 23.7. The number of aliphatic hydroxyl groups excluding tert-OH is 5. The number of rotatable bonds is 7. The summed E-state index contributed by atoms with van der Waals surface area (Å²) in [5.41, 5.74) is -2.04. The largest absolute Gasteiger partial charge is 0.458 e. The second-order valence-corrected chi connectivity index (χ2v) is 16.4. The van der Waals surface area contributed by atoms with Crippen LogP contribution < -0.4 is 0 Å². The summed E-state index contributed by atoms with van der Waals surface area (Å²) in [7, 11) is 1.53. The van der Waals surface area contributed by atoms with Crippen molar-refractivity contribution in [2.75, 3.05) is 20.3 Å². The van der Waals surface area contributed by atoms with Crippen LogP contribution in [0.1, 0.15) is 72.1 Å². The van der Waals surface area contributed by atoms with Gasteiger partial charge in [0, 0.05) is 30.9 Å². The maximum absolute atomic E-state index is 14.3. The molecular weight excluding hydrogens is 656 g/mol. The van der Waals surface area contributed by atoms with Gasteiger partial charge in [0.15, 0.2) is 18.4 Å². The molecule has 282 valence electrons. The van der Waals surface area contributed by atoms with Crippen molar-refractivity contribution in [3.63, 3.8) is 0 Å². The Morgan fingerprint density at radius 1 is 0.940 bits per heavy atom. The second-order valence-electron chi connectivity index (χ2n) is 16.4. The SMILES string of the molecule is CO[C@H]1C[C@H](O[C@H]2CC[C@@]3(C)[C@H](CC[C@@H]4[C@@H]3C(=O)[C@@H](O)[C@]3(C)[C@@H](C5=CC(=O)OC5)CC[C@]43O)C2)O[C@@H](C)[C@@H]1O[C@@H]1O[C@H](CO)[C@@H](O)[C@H](O)[C@H]1O. The Kier molecular flexibility index (Phi) is 9.84. The minimum atomic E-state index is -1.57. The van der Waals surface area contributed by atoms with Gasteiger partial charge in [-0.25, -0.2) is 4.79 Å². The molecule has 4 saturated carbocycles. The van der Waals surface area contributed by atoms with E-state index in [9.17, 15) is 40.2 Å². The summed E-state index contributed by atoms with van der Waals surface area (Å²) < 4.78 is 35.3. The van der Waals surface area contributed by atoms with Gasteiger partial charge in [0.2, 0.25) is 0 Å². The van der Waals surface area contributed by atoms with Crippen molar-refractivity contribution in [2.45, 2.75) is 145 Å². The molecule has 0 aromatic heterocycles. The molecule has 0 radical (unpaired) electrons. The van der Waals surface area contributed by atoms with Gasteiger partial charge >= 0.3 is 5.97 Å². The summed E-state index contributed by atoms with van der Waals surface area (Å²) in [6.45, 7) is 5.31. The van der Waals surface area contributed by atoms with Gasteiger partial charge in [0.25, 0.3) is 0 Å². The predicted octanol–water partition coefficient (Wildman–Crippen LogP) is 0.113. The van der Waals surface area contributed by atoms with Crippen molar-refractivity contribution in [3.05, 3.63) is 11.6 Å².